The monoisotopic (exact) mass is 193 g/mol. The summed E-state index contributed by atoms with van der Waals surface area (Å²) < 4.78 is 0. The fraction of sp³-hybridized carbons (Fsp3) is 0.800. The van der Waals surface area contributed by atoms with Gasteiger partial charge >= 0.3 is 6.17 Å². The summed E-state index contributed by atoms with van der Waals surface area (Å²) in [6.07, 6.45) is 4.02. The second-order valence-electron chi connectivity index (χ2n) is 3.99. The third kappa shape index (κ3) is 2.05. The Morgan fingerprint density at radius 3 is 2.93 bits per heavy atom. The van der Waals surface area contributed by atoms with Crippen LogP contribution in [-0.4, -0.2) is 36.1 Å². The number of nitrogens with zero attached hydrogens (tertiary/aromatic N) is 2. The first-order valence-electron chi connectivity index (χ1n) is 5.20. The molecule has 0 aromatic carbocycles. The van der Waals surface area contributed by atoms with Crippen molar-refractivity contribution in [1.29, 1.82) is 0 Å². The number of carbonyl (C=O) groups excluding carboxylic acids is 1. The second kappa shape index (κ2) is 3.97. The molecule has 0 unspecified atom stereocenters. The van der Waals surface area contributed by atoms with E-state index in [0.29, 0.717) is 12.6 Å². The predicted molar refractivity (Wildman–Crippen MR) is 52.4 cm³/mol. The van der Waals surface area contributed by atoms with Crippen molar-refractivity contribution in [2.24, 2.45) is 0 Å². The summed E-state index contributed by atoms with van der Waals surface area (Å²) in [6, 6.07) is 0.563. The van der Waals surface area contributed by atoms with Crippen LogP contribution in [0.5, 0.6) is 0 Å². The Morgan fingerprint density at radius 1 is 1.50 bits per heavy atom. The van der Waals surface area contributed by atoms with E-state index in [1.54, 1.807) is 4.90 Å². The first kappa shape index (κ1) is 9.47. The zero-order valence-corrected chi connectivity index (χ0v) is 8.20. The minimum absolute atomic E-state index is 0.0930. The molecule has 2 fully saturated rings. The highest BCUT2D eigenvalue weighted by Crippen LogP contribution is 2.20. The van der Waals surface area contributed by atoms with Crippen LogP contribution >= 0.6 is 0 Å². The molecule has 0 aromatic rings. The molecule has 4 nitrogen and oxygen atoms in total. The quantitative estimate of drug-likeness (QED) is 0.667. The van der Waals surface area contributed by atoms with E-state index < -0.39 is 0 Å². The molecule has 1 atom stereocenters. The Morgan fingerprint density at radius 2 is 2.29 bits per heavy atom. The van der Waals surface area contributed by atoms with Gasteiger partial charge in [-0.3, -0.25) is 14.5 Å². The molecular formula is C10H15N3O. The van der Waals surface area contributed by atoms with Crippen molar-refractivity contribution in [3.05, 3.63) is 11.4 Å². The van der Waals surface area contributed by atoms with Gasteiger partial charge in [0.25, 0.3) is 0 Å². The van der Waals surface area contributed by atoms with Crippen LogP contribution in [-0.2, 0) is 4.79 Å². The van der Waals surface area contributed by atoms with Crippen LogP contribution in [0.25, 0.3) is 4.85 Å². The summed E-state index contributed by atoms with van der Waals surface area (Å²) in [7, 11) is 0. The van der Waals surface area contributed by atoms with Gasteiger partial charge < -0.3 is 5.32 Å². The number of hydrogen-bond donors (Lipinski definition) is 1. The van der Waals surface area contributed by atoms with E-state index in [4.69, 9.17) is 6.57 Å². The highest BCUT2D eigenvalue weighted by Gasteiger charge is 2.33. The Bertz CT molecular complexity index is 267. The van der Waals surface area contributed by atoms with Crippen LogP contribution in [0.1, 0.15) is 25.7 Å². The summed E-state index contributed by atoms with van der Waals surface area (Å²) in [5.74, 6) is 0.0930. The van der Waals surface area contributed by atoms with Crippen molar-refractivity contribution in [2.45, 2.75) is 37.9 Å². The van der Waals surface area contributed by atoms with Crippen molar-refractivity contribution in [3.63, 3.8) is 0 Å². The van der Waals surface area contributed by atoms with Gasteiger partial charge in [-0.05, 0) is 19.3 Å². The van der Waals surface area contributed by atoms with E-state index in [1.807, 2.05) is 0 Å². The van der Waals surface area contributed by atoms with Crippen molar-refractivity contribution in [2.75, 3.05) is 13.1 Å². The number of nitrogens with one attached hydrogen (secondary N) is 1. The van der Waals surface area contributed by atoms with E-state index in [-0.39, 0.29) is 12.1 Å². The van der Waals surface area contributed by atoms with Gasteiger partial charge in [0.05, 0.1) is 6.54 Å². The van der Waals surface area contributed by atoms with Crippen molar-refractivity contribution < 1.29 is 4.79 Å². The second-order valence-corrected chi connectivity index (χ2v) is 3.99. The molecule has 76 valence electrons. The first-order chi connectivity index (χ1) is 6.81. The van der Waals surface area contributed by atoms with Gasteiger partial charge in [-0.15, -0.1) is 0 Å². The largest absolute Gasteiger partial charge is 0.306 e. The van der Waals surface area contributed by atoms with E-state index in [0.717, 1.165) is 19.4 Å². The number of likely N-dealkylation sites (tertiary alicyclic amines) is 1. The summed E-state index contributed by atoms with van der Waals surface area (Å²) in [5.41, 5.74) is 0. The smallest absolute Gasteiger partial charge is 0.300 e. The average Bonchev–Trinajstić information content (AvgIpc) is 2.90. The molecule has 14 heavy (non-hydrogen) atoms. The number of hydrogen-bond acceptors (Lipinski definition) is 2. The number of rotatable bonds is 3. The highest BCUT2D eigenvalue weighted by atomic mass is 16.2. The van der Waals surface area contributed by atoms with Gasteiger partial charge in [0.2, 0.25) is 5.91 Å². The third-order valence-corrected chi connectivity index (χ3v) is 2.81. The molecule has 0 aromatic heterocycles. The minimum Gasteiger partial charge on any atom is -0.306 e. The lowest BCUT2D eigenvalue weighted by Crippen LogP contribution is -2.40. The molecule has 1 aliphatic carbocycles. The van der Waals surface area contributed by atoms with Gasteiger partial charge in [0.15, 0.2) is 0 Å². The molecule has 2 aliphatic rings. The first-order valence-corrected chi connectivity index (χ1v) is 5.20. The predicted octanol–water partition coefficient (Wildman–Crippen LogP) is 0.606. The third-order valence-electron chi connectivity index (χ3n) is 2.81. The number of carbonyl (C=O) groups is 1. The zero-order valence-electron chi connectivity index (χ0n) is 8.20. The maximum Gasteiger partial charge on any atom is 0.300 e. The molecule has 0 spiro atoms. The maximum atomic E-state index is 11.7. The van der Waals surface area contributed by atoms with E-state index in [2.05, 4.69) is 10.2 Å². The van der Waals surface area contributed by atoms with Crippen molar-refractivity contribution >= 4 is 5.91 Å². The van der Waals surface area contributed by atoms with Crippen LogP contribution in [0.3, 0.4) is 0 Å². The molecule has 1 amide bonds. The molecule has 1 saturated heterocycles. The zero-order chi connectivity index (χ0) is 9.97. The molecule has 1 aliphatic heterocycles. The standard InChI is InChI=1S/C10H15N3O/c1-11-9-3-2-6-13(9)10(14)7-12-8-4-5-8/h8-9,12H,2-7H2/t9-/m0/s1. The SMILES string of the molecule is [C-]#[N+][C@@H]1CCCN1C(=O)CNC1CC1. The Labute approximate surface area is 84.1 Å². The molecule has 4 heteroatoms. The molecule has 0 bridgehead atoms. The lowest BCUT2D eigenvalue weighted by molar-refractivity contribution is -0.130. The summed E-state index contributed by atoms with van der Waals surface area (Å²) >= 11 is 0. The van der Waals surface area contributed by atoms with Crippen LogP contribution < -0.4 is 5.32 Å². The molecule has 1 saturated carbocycles. The fourth-order valence-corrected chi connectivity index (χ4v) is 1.79. The molecule has 2 rings (SSSR count). The summed E-state index contributed by atoms with van der Waals surface area (Å²) in [4.78, 5) is 16.8. The lowest BCUT2D eigenvalue weighted by Gasteiger charge is -2.16. The van der Waals surface area contributed by atoms with Gasteiger partial charge in [-0.1, -0.05) is 0 Å². The Kier molecular flexibility index (Phi) is 2.69. The van der Waals surface area contributed by atoms with E-state index >= 15 is 0 Å². The molecular weight excluding hydrogens is 178 g/mol. The van der Waals surface area contributed by atoms with E-state index in [1.165, 1.54) is 12.8 Å². The van der Waals surface area contributed by atoms with Crippen molar-refractivity contribution in [3.8, 4) is 0 Å². The normalized spacial score (nSPS) is 26.2. The van der Waals surface area contributed by atoms with E-state index in [9.17, 15) is 4.79 Å². The van der Waals surface area contributed by atoms with Crippen LogP contribution in [0, 0.1) is 6.57 Å². The lowest BCUT2D eigenvalue weighted by atomic mass is 10.3. The van der Waals surface area contributed by atoms with Gasteiger partial charge in [-0.2, -0.15) is 0 Å². The highest BCUT2D eigenvalue weighted by molar-refractivity contribution is 5.79. The topological polar surface area (TPSA) is 36.7 Å². The maximum absolute atomic E-state index is 11.7. The van der Waals surface area contributed by atoms with Crippen LogP contribution in [0.15, 0.2) is 0 Å². The summed E-state index contributed by atoms with van der Waals surface area (Å²) in [6.45, 7) is 8.14. The van der Waals surface area contributed by atoms with Crippen LogP contribution in [0.4, 0.5) is 0 Å². The minimum atomic E-state index is -0.191. The molecule has 1 N–H and O–H groups in total. The number of amides is 1. The van der Waals surface area contributed by atoms with Gasteiger partial charge in [0, 0.05) is 19.0 Å². The average molecular weight is 193 g/mol. The molecule has 0 radical (unpaired) electrons. The molecule has 1 heterocycles. The van der Waals surface area contributed by atoms with Gasteiger partial charge in [0.1, 0.15) is 0 Å². The Balaban J connectivity index is 1.80. The Hall–Kier alpha value is -1.08. The summed E-state index contributed by atoms with van der Waals surface area (Å²) in [5, 5.41) is 3.18. The van der Waals surface area contributed by atoms with Crippen LogP contribution in [0.2, 0.25) is 0 Å². The van der Waals surface area contributed by atoms with Crippen molar-refractivity contribution in [1.82, 2.24) is 10.2 Å². The van der Waals surface area contributed by atoms with Gasteiger partial charge in [-0.25, -0.2) is 6.57 Å². The fourth-order valence-electron chi connectivity index (χ4n) is 1.79.